The van der Waals surface area contributed by atoms with Gasteiger partial charge in [0.1, 0.15) is 17.9 Å². The number of carbonyl (C=O) groups excluding carboxylic acids is 1. The summed E-state index contributed by atoms with van der Waals surface area (Å²) >= 11 is 0. The maximum Gasteiger partial charge on any atom is 0.252 e. The molecule has 0 fully saturated rings. The Kier molecular flexibility index (Phi) is 5.12. The van der Waals surface area contributed by atoms with Crippen LogP contribution in [0.2, 0.25) is 0 Å². The van der Waals surface area contributed by atoms with Gasteiger partial charge < -0.3 is 15.4 Å². The van der Waals surface area contributed by atoms with Gasteiger partial charge in [0.2, 0.25) is 0 Å². The first kappa shape index (κ1) is 18.9. The third-order valence-electron chi connectivity index (χ3n) is 5.13. The fourth-order valence-electron chi connectivity index (χ4n) is 3.43. The van der Waals surface area contributed by atoms with Gasteiger partial charge in [-0.25, -0.2) is 9.97 Å². The average molecular weight is 389 g/mol. The lowest BCUT2D eigenvalue weighted by Crippen LogP contribution is -2.13. The Bertz CT molecular complexity index is 1050. The first-order valence-electron chi connectivity index (χ1n) is 9.53. The summed E-state index contributed by atoms with van der Waals surface area (Å²) in [5.41, 5.74) is 5.50. The number of benzene rings is 1. The number of aromatic nitrogens is 3. The standard InChI is InChI=1S/C22H23N5O2/c1-13(17-6-16-11-25-22(28)18(16)7-20(17)29-3)9-24-21-8-19(26-12-27-21)15-5-4-14(2)23-10-15/h4-8,10,12-13H,9,11H2,1-3H3,(H,25,28)(H,24,26,27). The molecule has 2 N–H and O–H groups in total. The lowest BCUT2D eigenvalue weighted by atomic mass is 9.95. The van der Waals surface area contributed by atoms with Crippen molar-refractivity contribution in [2.75, 3.05) is 19.0 Å². The van der Waals surface area contributed by atoms with Crippen molar-refractivity contribution < 1.29 is 9.53 Å². The second-order valence-corrected chi connectivity index (χ2v) is 7.19. The average Bonchev–Trinajstić information content (AvgIpc) is 3.11. The molecule has 0 bridgehead atoms. The van der Waals surface area contributed by atoms with E-state index in [-0.39, 0.29) is 11.8 Å². The molecule has 0 spiro atoms. The Labute approximate surface area is 169 Å². The van der Waals surface area contributed by atoms with Crippen molar-refractivity contribution in [1.82, 2.24) is 20.3 Å². The molecule has 1 atom stereocenters. The zero-order valence-corrected chi connectivity index (χ0v) is 16.7. The molecule has 29 heavy (non-hydrogen) atoms. The van der Waals surface area contributed by atoms with Crippen LogP contribution >= 0.6 is 0 Å². The van der Waals surface area contributed by atoms with Gasteiger partial charge in [-0.05, 0) is 42.3 Å². The van der Waals surface area contributed by atoms with Crippen LogP contribution in [0.4, 0.5) is 5.82 Å². The number of aryl methyl sites for hydroxylation is 1. The molecule has 1 aromatic carbocycles. The first-order valence-corrected chi connectivity index (χ1v) is 9.53. The van der Waals surface area contributed by atoms with Crippen LogP contribution in [0.5, 0.6) is 5.75 Å². The highest BCUT2D eigenvalue weighted by molar-refractivity contribution is 5.98. The van der Waals surface area contributed by atoms with E-state index < -0.39 is 0 Å². The summed E-state index contributed by atoms with van der Waals surface area (Å²) in [7, 11) is 1.63. The second-order valence-electron chi connectivity index (χ2n) is 7.19. The molecule has 1 amide bonds. The number of amides is 1. The van der Waals surface area contributed by atoms with Gasteiger partial charge in [0, 0.05) is 48.1 Å². The van der Waals surface area contributed by atoms with Crippen molar-refractivity contribution in [3.05, 3.63) is 65.2 Å². The van der Waals surface area contributed by atoms with Crippen LogP contribution in [0.1, 0.15) is 40.0 Å². The lowest BCUT2D eigenvalue weighted by molar-refractivity contribution is 0.0965. The number of anilines is 1. The van der Waals surface area contributed by atoms with Crippen LogP contribution in [0.15, 0.2) is 42.9 Å². The number of nitrogens with one attached hydrogen (secondary N) is 2. The summed E-state index contributed by atoms with van der Waals surface area (Å²) in [6.07, 6.45) is 3.37. The van der Waals surface area contributed by atoms with Crippen molar-refractivity contribution in [3.8, 4) is 17.0 Å². The number of fused-ring (bicyclic) bond motifs is 1. The summed E-state index contributed by atoms with van der Waals surface area (Å²) < 4.78 is 5.54. The Morgan fingerprint density at radius 1 is 1.21 bits per heavy atom. The summed E-state index contributed by atoms with van der Waals surface area (Å²) in [5, 5.41) is 6.24. The van der Waals surface area contributed by atoms with E-state index >= 15 is 0 Å². The molecule has 0 aliphatic carbocycles. The summed E-state index contributed by atoms with van der Waals surface area (Å²) in [6, 6.07) is 9.77. The van der Waals surface area contributed by atoms with Crippen molar-refractivity contribution in [3.63, 3.8) is 0 Å². The number of nitrogens with zero attached hydrogens (tertiary/aromatic N) is 3. The van der Waals surface area contributed by atoms with E-state index in [9.17, 15) is 4.79 Å². The highest BCUT2D eigenvalue weighted by atomic mass is 16.5. The minimum Gasteiger partial charge on any atom is -0.496 e. The number of hydrogen-bond donors (Lipinski definition) is 2. The number of rotatable bonds is 6. The molecule has 1 aliphatic rings. The van der Waals surface area contributed by atoms with E-state index in [1.165, 1.54) is 0 Å². The topological polar surface area (TPSA) is 89.0 Å². The van der Waals surface area contributed by atoms with Gasteiger partial charge in [0.25, 0.3) is 5.91 Å². The van der Waals surface area contributed by atoms with Crippen LogP contribution < -0.4 is 15.4 Å². The Morgan fingerprint density at radius 3 is 2.83 bits per heavy atom. The van der Waals surface area contributed by atoms with Crippen molar-refractivity contribution in [2.24, 2.45) is 0 Å². The monoisotopic (exact) mass is 389 g/mol. The number of carbonyl (C=O) groups is 1. The number of ether oxygens (including phenoxy) is 1. The lowest BCUT2D eigenvalue weighted by Gasteiger charge is -2.18. The zero-order chi connectivity index (χ0) is 20.4. The fraction of sp³-hybridized carbons (Fsp3) is 0.273. The van der Waals surface area contributed by atoms with Gasteiger partial charge in [-0.2, -0.15) is 0 Å². The quantitative estimate of drug-likeness (QED) is 0.672. The zero-order valence-electron chi connectivity index (χ0n) is 16.7. The SMILES string of the molecule is COc1cc2c(cc1C(C)CNc1cc(-c3ccc(C)nc3)ncn1)CNC2=O. The van der Waals surface area contributed by atoms with Gasteiger partial charge >= 0.3 is 0 Å². The van der Waals surface area contributed by atoms with Gasteiger partial charge in [-0.3, -0.25) is 9.78 Å². The molecule has 7 nitrogen and oxygen atoms in total. The molecule has 0 saturated heterocycles. The Morgan fingerprint density at radius 2 is 2.07 bits per heavy atom. The minimum absolute atomic E-state index is 0.0465. The van der Waals surface area contributed by atoms with Gasteiger partial charge in [-0.15, -0.1) is 0 Å². The van der Waals surface area contributed by atoms with E-state index in [1.54, 1.807) is 13.4 Å². The van der Waals surface area contributed by atoms with Crippen molar-refractivity contribution in [2.45, 2.75) is 26.3 Å². The summed E-state index contributed by atoms with van der Waals surface area (Å²) in [4.78, 5) is 24.9. The Hall–Kier alpha value is -3.48. The Balaban J connectivity index is 1.50. The molecule has 1 aliphatic heterocycles. The number of methoxy groups -OCH3 is 1. The van der Waals surface area contributed by atoms with E-state index in [4.69, 9.17) is 4.74 Å². The number of pyridine rings is 1. The minimum atomic E-state index is -0.0465. The van der Waals surface area contributed by atoms with Crippen LogP contribution in [0.25, 0.3) is 11.3 Å². The molecule has 7 heteroatoms. The molecule has 1 unspecified atom stereocenters. The smallest absolute Gasteiger partial charge is 0.252 e. The second kappa shape index (κ2) is 7.87. The molecule has 3 heterocycles. The van der Waals surface area contributed by atoms with E-state index in [0.29, 0.717) is 18.7 Å². The fourth-order valence-corrected chi connectivity index (χ4v) is 3.43. The van der Waals surface area contributed by atoms with Crippen molar-refractivity contribution >= 4 is 11.7 Å². The molecule has 3 aromatic rings. The molecule has 4 rings (SSSR count). The highest BCUT2D eigenvalue weighted by Crippen LogP contribution is 2.32. The molecule has 0 saturated carbocycles. The number of hydrogen-bond acceptors (Lipinski definition) is 6. The van der Waals surface area contributed by atoms with Crippen LogP contribution in [0.3, 0.4) is 0 Å². The van der Waals surface area contributed by atoms with Crippen LogP contribution in [-0.2, 0) is 6.54 Å². The predicted octanol–water partition coefficient (Wildman–Crippen LogP) is 3.31. The molecule has 0 radical (unpaired) electrons. The summed E-state index contributed by atoms with van der Waals surface area (Å²) in [6.45, 7) is 5.30. The molecular formula is C22H23N5O2. The van der Waals surface area contributed by atoms with E-state index in [1.807, 2.05) is 37.4 Å². The normalized spacial score (nSPS) is 13.6. The first-order chi connectivity index (χ1) is 14.0. The van der Waals surface area contributed by atoms with Crippen LogP contribution in [0, 0.1) is 6.92 Å². The molecular weight excluding hydrogens is 366 g/mol. The van der Waals surface area contributed by atoms with Crippen molar-refractivity contribution in [1.29, 1.82) is 0 Å². The summed E-state index contributed by atoms with van der Waals surface area (Å²) in [5.74, 6) is 1.59. The van der Waals surface area contributed by atoms with Gasteiger partial charge in [-0.1, -0.05) is 6.92 Å². The largest absolute Gasteiger partial charge is 0.496 e. The molecule has 2 aromatic heterocycles. The maximum atomic E-state index is 11.9. The highest BCUT2D eigenvalue weighted by Gasteiger charge is 2.23. The van der Waals surface area contributed by atoms with Gasteiger partial charge in [0.05, 0.1) is 12.8 Å². The van der Waals surface area contributed by atoms with E-state index in [2.05, 4.69) is 38.6 Å². The maximum absolute atomic E-state index is 11.9. The third-order valence-corrected chi connectivity index (χ3v) is 5.13. The van der Waals surface area contributed by atoms with Gasteiger partial charge in [0.15, 0.2) is 0 Å². The third kappa shape index (κ3) is 3.89. The predicted molar refractivity (Wildman–Crippen MR) is 111 cm³/mol. The van der Waals surface area contributed by atoms with Crippen LogP contribution in [-0.4, -0.2) is 34.5 Å². The molecule has 148 valence electrons. The van der Waals surface area contributed by atoms with E-state index in [0.717, 1.165) is 39.6 Å².